The van der Waals surface area contributed by atoms with Crippen LogP contribution in [0.3, 0.4) is 0 Å². The molecule has 0 N–H and O–H groups in total. The number of ether oxygens (including phenoxy) is 2. The number of nitro groups is 1. The smallest absolute Gasteiger partial charge is 0.348 e. The number of carbonyl (C=O) groups excluding carboxylic acids is 2. The van der Waals surface area contributed by atoms with Crippen molar-refractivity contribution >= 4 is 35.3 Å². The lowest BCUT2D eigenvalue weighted by atomic mass is 10.1. The van der Waals surface area contributed by atoms with E-state index < -0.39 is 22.5 Å². The Bertz CT molecular complexity index is 994. The van der Waals surface area contributed by atoms with Gasteiger partial charge in [-0.05, 0) is 35.9 Å². The Labute approximate surface area is 158 Å². The first-order valence-electron chi connectivity index (χ1n) is 7.32. The predicted octanol–water partition coefficient (Wildman–Crippen LogP) is 3.55. The molecule has 2 aromatic carbocycles. The van der Waals surface area contributed by atoms with Gasteiger partial charge in [0.25, 0.3) is 5.69 Å². The van der Waals surface area contributed by atoms with Crippen LogP contribution in [0.1, 0.15) is 15.9 Å². The van der Waals surface area contributed by atoms with E-state index in [4.69, 9.17) is 21.6 Å². The fourth-order valence-electron chi connectivity index (χ4n) is 2.03. The first-order chi connectivity index (χ1) is 12.8. The van der Waals surface area contributed by atoms with Crippen molar-refractivity contribution in [3.8, 4) is 11.8 Å². The number of rotatable bonds is 5. The average molecular weight is 387 g/mol. The fourth-order valence-corrected chi connectivity index (χ4v) is 2.21. The molecule has 0 aliphatic rings. The molecule has 27 heavy (non-hydrogen) atoms. The monoisotopic (exact) mass is 386 g/mol. The number of methoxy groups -OCH3 is 1. The Morgan fingerprint density at radius 3 is 2.63 bits per heavy atom. The van der Waals surface area contributed by atoms with Crippen molar-refractivity contribution in [3.05, 3.63) is 74.3 Å². The molecule has 0 saturated carbocycles. The molecule has 0 aromatic heterocycles. The summed E-state index contributed by atoms with van der Waals surface area (Å²) in [5.41, 5.74) is -0.280. The minimum Gasteiger partial charge on any atom is -0.465 e. The van der Waals surface area contributed by atoms with E-state index in [9.17, 15) is 19.7 Å². The topological polar surface area (TPSA) is 120 Å². The van der Waals surface area contributed by atoms with Crippen LogP contribution >= 0.6 is 11.6 Å². The molecule has 0 saturated heterocycles. The van der Waals surface area contributed by atoms with Crippen LogP contribution in [-0.2, 0) is 9.53 Å². The molecule has 136 valence electrons. The highest BCUT2D eigenvalue weighted by atomic mass is 35.5. The summed E-state index contributed by atoms with van der Waals surface area (Å²) < 4.78 is 9.67. The molecule has 0 atom stereocenters. The Kier molecular flexibility index (Phi) is 6.25. The van der Waals surface area contributed by atoms with Gasteiger partial charge >= 0.3 is 11.9 Å². The molecule has 0 aliphatic carbocycles. The van der Waals surface area contributed by atoms with E-state index in [-0.39, 0.29) is 21.9 Å². The average Bonchev–Trinajstić information content (AvgIpc) is 2.65. The molecule has 0 bridgehead atoms. The van der Waals surface area contributed by atoms with Crippen molar-refractivity contribution in [2.24, 2.45) is 0 Å². The molecule has 0 spiro atoms. The zero-order chi connectivity index (χ0) is 20.0. The lowest BCUT2D eigenvalue weighted by Crippen LogP contribution is -2.09. The third-order valence-corrected chi connectivity index (χ3v) is 3.60. The third-order valence-electron chi connectivity index (χ3n) is 3.28. The van der Waals surface area contributed by atoms with Crippen LogP contribution in [0, 0.1) is 21.4 Å². The molecule has 0 unspecified atom stereocenters. The largest absolute Gasteiger partial charge is 0.465 e. The summed E-state index contributed by atoms with van der Waals surface area (Å²) in [6, 6.07) is 11.3. The van der Waals surface area contributed by atoms with E-state index in [0.29, 0.717) is 5.56 Å². The molecule has 0 amide bonds. The van der Waals surface area contributed by atoms with Gasteiger partial charge in [0.15, 0.2) is 0 Å². The normalized spacial score (nSPS) is 10.6. The van der Waals surface area contributed by atoms with E-state index in [0.717, 1.165) is 13.2 Å². The number of carbonyl (C=O) groups is 2. The summed E-state index contributed by atoms with van der Waals surface area (Å²) in [4.78, 5) is 33.9. The molecular weight excluding hydrogens is 376 g/mol. The van der Waals surface area contributed by atoms with Gasteiger partial charge in [-0.25, -0.2) is 9.59 Å². The van der Waals surface area contributed by atoms with Gasteiger partial charge in [-0.3, -0.25) is 10.1 Å². The zero-order valence-corrected chi connectivity index (χ0v) is 14.6. The number of hydrogen-bond acceptors (Lipinski definition) is 7. The van der Waals surface area contributed by atoms with Gasteiger partial charge < -0.3 is 9.47 Å². The van der Waals surface area contributed by atoms with Gasteiger partial charge in [0.1, 0.15) is 22.4 Å². The second kappa shape index (κ2) is 8.60. The number of hydrogen-bond donors (Lipinski definition) is 0. The minimum atomic E-state index is -0.829. The van der Waals surface area contributed by atoms with Crippen molar-refractivity contribution in [2.75, 3.05) is 7.11 Å². The Balaban J connectivity index is 2.26. The standard InChI is InChI=1S/C18H11ClN2O6/c1-26-17(22)13(10-20)7-11-3-2-4-14(8-11)27-18(23)12-5-6-15(19)16(9-12)21(24)25/h2-9H,1H3/b13-7+. The Morgan fingerprint density at radius 2 is 2.00 bits per heavy atom. The molecular formula is C18H11ClN2O6. The summed E-state index contributed by atoms with van der Waals surface area (Å²) in [5.74, 6) is -1.51. The van der Waals surface area contributed by atoms with Crippen LogP contribution in [0.2, 0.25) is 5.02 Å². The number of nitrogens with zero attached hydrogens (tertiary/aromatic N) is 2. The van der Waals surface area contributed by atoms with Gasteiger partial charge in [-0.15, -0.1) is 0 Å². The van der Waals surface area contributed by atoms with Crippen molar-refractivity contribution < 1.29 is 24.0 Å². The van der Waals surface area contributed by atoms with Gasteiger partial charge in [0, 0.05) is 6.07 Å². The van der Waals surface area contributed by atoms with Gasteiger partial charge in [0.2, 0.25) is 0 Å². The van der Waals surface area contributed by atoms with Gasteiger partial charge in [0.05, 0.1) is 17.6 Å². The lowest BCUT2D eigenvalue weighted by molar-refractivity contribution is -0.384. The number of benzene rings is 2. The molecule has 9 heteroatoms. The first-order valence-corrected chi connectivity index (χ1v) is 7.69. The molecule has 0 heterocycles. The van der Waals surface area contributed by atoms with Crippen LogP contribution in [-0.4, -0.2) is 24.0 Å². The van der Waals surface area contributed by atoms with Gasteiger partial charge in [-0.2, -0.15) is 5.26 Å². The van der Waals surface area contributed by atoms with Crippen molar-refractivity contribution in [1.29, 1.82) is 5.26 Å². The minimum absolute atomic E-state index is 0.0562. The highest BCUT2D eigenvalue weighted by Gasteiger charge is 2.18. The molecule has 2 aromatic rings. The maximum Gasteiger partial charge on any atom is 0.348 e. The van der Waals surface area contributed by atoms with Gasteiger partial charge in [-0.1, -0.05) is 23.7 Å². The van der Waals surface area contributed by atoms with E-state index >= 15 is 0 Å². The highest BCUT2D eigenvalue weighted by molar-refractivity contribution is 6.32. The molecule has 2 rings (SSSR count). The number of nitro benzene ring substituents is 1. The summed E-state index contributed by atoms with van der Waals surface area (Å²) in [7, 11) is 1.15. The summed E-state index contributed by atoms with van der Waals surface area (Å²) in [6.45, 7) is 0. The summed E-state index contributed by atoms with van der Waals surface area (Å²) in [6.07, 6.45) is 1.27. The number of halogens is 1. The quantitative estimate of drug-likeness (QED) is 0.192. The van der Waals surface area contributed by atoms with Crippen LogP contribution in [0.5, 0.6) is 5.75 Å². The van der Waals surface area contributed by atoms with Crippen LogP contribution in [0.25, 0.3) is 6.08 Å². The van der Waals surface area contributed by atoms with Crippen molar-refractivity contribution in [2.45, 2.75) is 0 Å². The summed E-state index contributed by atoms with van der Waals surface area (Å²) >= 11 is 5.71. The Morgan fingerprint density at radius 1 is 1.26 bits per heavy atom. The number of esters is 2. The molecule has 0 radical (unpaired) electrons. The summed E-state index contributed by atoms with van der Waals surface area (Å²) in [5, 5.41) is 19.8. The van der Waals surface area contributed by atoms with E-state index in [2.05, 4.69) is 4.74 Å². The molecule has 8 nitrogen and oxygen atoms in total. The van der Waals surface area contributed by atoms with E-state index in [1.807, 2.05) is 0 Å². The molecule has 0 fully saturated rings. The van der Waals surface area contributed by atoms with Crippen LogP contribution < -0.4 is 4.74 Å². The van der Waals surface area contributed by atoms with E-state index in [1.54, 1.807) is 18.2 Å². The van der Waals surface area contributed by atoms with Crippen LogP contribution in [0.4, 0.5) is 5.69 Å². The Hall–Kier alpha value is -3.70. The van der Waals surface area contributed by atoms with Crippen molar-refractivity contribution in [3.63, 3.8) is 0 Å². The van der Waals surface area contributed by atoms with Crippen molar-refractivity contribution in [1.82, 2.24) is 0 Å². The van der Waals surface area contributed by atoms with E-state index in [1.165, 1.54) is 30.3 Å². The predicted molar refractivity (Wildman–Crippen MR) is 95.1 cm³/mol. The second-order valence-corrected chi connectivity index (χ2v) is 5.45. The van der Waals surface area contributed by atoms with Crippen LogP contribution in [0.15, 0.2) is 48.0 Å². The lowest BCUT2D eigenvalue weighted by Gasteiger charge is -2.06. The fraction of sp³-hybridized carbons (Fsp3) is 0.0556. The SMILES string of the molecule is COC(=O)/C(C#N)=C/c1cccc(OC(=O)c2ccc(Cl)c([N+](=O)[O-])c2)c1. The second-order valence-electron chi connectivity index (χ2n) is 5.05. The zero-order valence-electron chi connectivity index (χ0n) is 13.8. The first kappa shape index (κ1) is 19.6. The maximum absolute atomic E-state index is 12.2. The number of nitriles is 1. The third kappa shape index (κ3) is 4.90. The molecule has 0 aliphatic heterocycles. The maximum atomic E-state index is 12.2. The highest BCUT2D eigenvalue weighted by Crippen LogP contribution is 2.26.